The monoisotopic (exact) mass is 295 g/mol. The van der Waals surface area contributed by atoms with Gasteiger partial charge in [-0.15, -0.1) is 0 Å². The lowest BCUT2D eigenvalue weighted by molar-refractivity contribution is 0.0687. The molecule has 1 aromatic carbocycles. The molecule has 20 heavy (non-hydrogen) atoms. The van der Waals surface area contributed by atoms with Crippen molar-refractivity contribution >= 4 is 17.6 Å². The van der Waals surface area contributed by atoms with Crippen LogP contribution in [0.5, 0.6) is 11.5 Å². The first kappa shape index (κ1) is 15.8. The van der Waals surface area contributed by atoms with Gasteiger partial charge in [0.15, 0.2) is 5.69 Å². The van der Waals surface area contributed by atoms with E-state index in [1.54, 1.807) is 0 Å². The van der Waals surface area contributed by atoms with Crippen molar-refractivity contribution in [1.82, 2.24) is 4.98 Å². The molecule has 0 fully saturated rings. The highest BCUT2D eigenvalue weighted by molar-refractivity contribution is 6.31. The average Bonchev–Trinajstić information content (AvgIpc) is 2.43. The number of carbonyl (C=O) groups is 1. The van der Waals surface area contributed by atoms with Gasteiger partial charge in [0.2, 0.25) is 0 Å². The molecule has 6 heteroatoms. The number of aromatic hydroxyl groups is 2. The quantitative estimate of drug-likeness (QED) is 0.788. The Balaban J connectivity index is 0.000000956. The van der Waals surface area contributed by atoms with Gasteiger partial charge in [-0.1, -0.05) is 25.4 Å². The Kier molecular flexibility index (Phi) is 5.34. The van der Waals surface area contributed by atoms with Gasteiger partial charge in [0.05, 0.1) is 0 Å². The lowest BCUT2D eigenvalue weighted by atomic mass is 10.1. The molecule has 106 valence electrons. The van der Waals surface area contributed by atoms with E-state index in [1.165, 1.54) is 30.5 Å². The molecule has 0 amide bonds. The molecule has 0 aliphatic rings. The molecule has 2 aromatic rings. The number of phenolic OH excluding ortho intramolecular Hbond substituents is 1. The highest BCUT2D eigenvalue weighted by Gasteiger charge is 2.14. The number of pyridine rings is 1. The Morgan fingerprint density at radius 2 is 1.80 bits per heavy atom. The molecule has 0 saturated heterocycles. The maximum Gasteiger partial charge on any atom is 0.358 e. The number of aromatic nitrogens is 1. The molecule has 0 spiro atoms. The van der Waals surface area contributed by atoms with Gasteiger partial charge in [-0.25, -0.2) is 9.78 Å². The van der Waals surface area contributed by atoms with Crippen molar-refractivity contribution < 1.29 is 20.1 Å². The average molecular weight is 296 g/mol. The van der Waals surface area contributed by atoms with E-state index >= 15 is 0 Å². The smallest absolute Gasteiger partial charge is 0.358 e. The predicted molar refractivity (Wildman–Crippen MR) is 76.3 cm³/mol. The normalized spacial score (nSPS) is 9.55. The highest BCUT2D eigenvalue weighted by atomic mass is 35.5. The molecule has 0 atom stereocenters. The maximum absolute atomic E-state index is 10.7. The fraction of sp³-hybridized carbons (Fsp3) is 0.143. The van der Waals surface area contributed by atoms with Gasteiger partial charge < -0.3 is 15.3 Å². The molecule has 0 unspecified atom stereocenters. The number of aromatic carboxylic acids is 1. The van der Waals surface area contributed by atoms with E-state index < -0.39 is 17.4 Å². The van der Waals surface area contributed by atoms with Crippen molar-refractivity contribution in [3.05, 3.63) is 41.2 Å². The van der Waals surface area contributed by atoms with Crippen molar-refractivity contribution in [2.24, 2.45) is 0 Å². The van der Waals surface area contributed by atoms with Crippen molar-refractivity contribution in [3.8, 4) is 22.6 Å². The third kappa shape index (κ3) is 3.39. The Morgan fingerprint density at radius 3 is 2.35 bits per heavy atom. The van der Waals surface area contributed by atoms with E-state index in [-0.39, 0.29) is 5.75 Å². The van der Waals surface area contributed by atoms with Gasteiger partial charge >= 0.3 is 5.97 Å². The summed E-state index contributed by atoms with van der Waals surface area (Å²) in [5, 5.41) is 28.3. The van der Waals surface area contributed by atoms with Crippen molar-refractivity contribution in [2.75, 3.05) is 0 Å². The number of hydrogen-bond acceptors (Lipinski definition) is 4. The van der Waals surface area contributed by atoms with Crippen LogP contribution in [0, 0.1) is 0 Å². The zero-order valence-electron chi connectivity index (χ0n) is 11.0. The number of rotatable bonds is 2. The molecule has 5 nitrogen and oxygen atoms in total. The first-order chi connectivity index (χ1) is 9.49. The zero-order chi connectivity index (χ0) is 15.3. The minimum atomic E-state index is -1.32. The van der Waals surface area contributed by atoms with E-state index in [4.69, 9.17) is 16.7 Å². The Bertz CT molecular complexity index is 629. The minimum absolute atomic E-state index is 0.0383. The van der Waals surface area contributed by atoms with E-state index in [2.05, 4.69) is 4.98 Å². The van der Waals surface area contributed by atoms with E-state index in [0.717, 1.165) is 0 Å². The number of carboxylic acid groups (broad SMARTS) is 1. The summed E-state index contributed by atoms with van der Waals surface area (Å²) in [5.41, 5.74) is 0.292. The number of halogens is 1. The first-order valence-corrected chi connectivity index (χ1v) is 6.28. The lowest BCUT2D eigenvalue weighted by Crippen LogP contribution is -2.00. The van der Waals surface area contributed by atoms with Crippen molar-refractivity contribution in [2.45, 2.75) is 13.8 Å². The number of nitrogens with zero attached hydrogens (tertiary/aromatic N) is 1. The second kappa shape index (κ2) is 6.77. The van der Waals surface area contributed by atoms with Gasteiger partial charge in [-0.05, 0) is 24.3 Å². The van der Waals surface area contributed by atoms with E-state index in [9.17, 15) is 15.0 Å². The molecule has 0 bridgehead atoms. The van der Waals surface area contributed by atoms with Crippen LogP contribution in [-0.2, 0) is 0 Å². The molecule has 1 aromatic heterocycles. The van der Waals surface area contributed by atoms with E-state index in [1.807, 2.05) is 13.8 Å². The molecule has 0 aliphatic heterocycles. The van der Waals surface area contributed by atoms with Crippen LogP contribution in [0.4, 0.5) is 0 Å². The van der Waals surface area contributed by atoms with Crippen LogP contribution in [0.25, 0.3) is 11.1 Å². The first-order valence-electron chi connectivity index (χ1n) is 5.90. The summed E-state index contributed by atoms with van der Waals surface area (Å²) in [6, 6.07) is 5.62. The SMILES string of the molecule is CC.O=C(O)c1ncc(-c2cc(Cl)ccc2O)cc1O. The Hall–Kier alpha value is -2.27. The summed E-state index contributed by atoms with van der Waals surface area (Å²) >= 11 is 5.80. The van der Waals surface area contributed by atoms with Gasteiger partial charge in [0.25, 0.3) is 0 Å². The number of hydrogen-bond donors (Lipinski definition) is 3. The van der Waals surface area contributed by atoms with Gasteiger partial charge in [0.1, 0.15) is 11.5 Å². The minimum Gasteiger partial charge on any atom is -0.507 e. The fourth-order valence-corrected chi connectivity index (χ4v) is 1.68. The largest absolute Gasteiger partial charge is 0.507 e. The number of phenols is 1. The second-order valence-corrected chi connectivity index (χ2v) is 3.99. The van der Waals surface area contributed by atoms with Crippen LogP contribution in [0.2, 0.25) is 5.02 Å². The highest BCUT2D eigenvalue weighted by Crippen LogP contribution is 2.33. The van der Waals surface area contributed by atoms with Crippen LogP contribution in [0.1, 0.15) is 24.3 Å². The molecular weight excluding hydrogens is 282 g/mol. The van der Waals surface area contributed by atoms with Gasteiger partial charge in [-0.2, -0.15) is 0 Å². The Labute approximate surface area is 121 Å². The summed E-state index contributed by atoms with van der Waals surface area (Å²) in [5.74, 6) is -1.84. The summed E-state index contributed by atoms with van der Waals surface area (Å²) in [6.45, 7) is 4.00. The molecular formula is C14H14ClNO4. The third-order valence-electron chi connectivity index (χ3n) is 2.34. The van der Waals surface area contributed by atoms with Crippen LogP contribution in [0.15, 0.2) is 30.5 Å². The van der Waals surface area contributed by atoms with Crippen molar-refractivity contribution in [1.29, 1.82) is 0 Å². The van der Waals surface area contributed by atoms with Crippen LogP contribution in [-0.4, -0.2) is 26.3 Å². The number of carboxylic acids is 1. The number of benzene rings is 1. The van der Waals surface area contributed by atoms with Gasteiger partial charge in [0, 0.05) is 22.3 Å². The standard InChI is InChI=1S/C12H8ClNO4.C2H6/c13-7-1-2-9(15)8(4-7)6-3-10(16)11(12(17)18)14-5-6;1-2/h1-5,15-16H,(H,17,18);1-2H3. The van der Waals surface area contributed by atoms with Gasteiger partial charge in [-0.3, -0.25) is 0 Å². The second-order valence-electron chi connectivity index (χ2n) is 3.56. The van der Waals surface area contributed by atoms with E-state index in [0.29, 0.717) is 16.1 Å². The topological polar surface area (TPSA) is 90.7 Å². The Morgan fingerprint density at radius 1 is 1.15 bits per heavy atom. The van der Waals surface area contributed by atoms with Crippen LogP contribution < -0.4 is 0 Å². The summed E-state index contributed by atoms with van der Waals surface area (Å²) < 4.78 is 0. The summed E-state index contributed by atoms with van der Waals surface area (Å²) in [6.07, 6.45) is 1.24. The predicted octanol–water partition coefficient (Wildman–Crippen LogP) is 3.54. The molecule has 0 saturated carbocycles. The van der Waals surface area contributed by atoms with Crippen LogP contribution in [0.3, 0.4) is 0 Å². The fourth-order valence-electron chi connectivity index (χ4n) is 1.50. The third-order valence-corrected chi connectivity index (χ3v) is 2.57. The molecule has 2 rings (SSSR count). The molecule has 1 heterocycles. The summed E-state index contributed by atoms with van der Waals surface area (Å²) in [7, 11) is 0. The maximum atomic E-state index is 10.7. The van der Waals surface area contributed by atoms with Crippen LogP contribution >= 0.6 is 11.6 Å². The summed E-state index contributed by atoms with van der Waals surface area (Å²) in [4.78, 5) is 14.3. The lowest BCUT2D eigenvalue weighted by Gasteiger charge is -2.06. The zero-order valence-corrected chi connectivity index (χ0v) is 11.7. The molecule has 0 aliphatic carbocycles. The van der Waals surface area contributed by atoms with Crippen molar-refractivity contribution in [3.63, 3.8) is 0 Å². The molecule has 3 N–H and O–H groups in total. The molecule has 0 radical (unpaired) electrons.